The molecule has 0 aliphatic heterocycles. The molecule has 0 fully saturated rings. The van der Waals surface area contributed by atoms with E-state index < -0.39 is 5.97 Å². The molecule has 1 heterocycles. The van der Waals surface area contributed by atoms with Crippen molar-refractivity contribution in [1.82, 2.24) is 15.0 Å². The fourth-order valence-electron chi connectivity index (χ4n) is 1.16. The van der Waals surface area contributed by atoms with Gasteiger partial charge in [-0.3, -0.25) is 4.68 Å². The topological polar surface area (TPSA) is 57.0 Å². The minimum atomic E-state index is -0.419. The van der Waals surface area contributed by atoms with Crippen molar-refractivity contribution in [1.29, 1.82) is 0 Å². The Morgan fingerprint density at radius 3 is 2.73 bits per heavy atom. The Hall–Kier alpha value is -1.39. The molecule has 0 aliphatic rings. The highest BCUT2D eigenvalue weighted by molar-refractivity contribution is 5.86. The van der Waals surface area contributed by atoms with Crippen LogP contribution in [0.4, 0.5) is 0 Å². The zero-order valence-electron chi connectivity index (χ0n) is 9.65. The normalized spacial score (nSPS) is 11.5. The summed E-state index contributed by atoms with van der Waals surface area (Å²) in [6.45, 7) is 9.12. The molecule has 0 unspecified atom stereocenters. The van der Waals surface area contributed by atoms with Crippen LogP contribution in [0.1, 0.15) is 38.2 Å². The fourth-order valence-corrected chi connectivity index (χ4v) is 1.16. The first kappa shape index (κ1) is 11.7. The van der Waals surface area contributed by atoms with E-state index in [-0.39, 0.29) is 11.1 Å². The number of ether oxygens (including phenoxy) is 1. The van der Waals surface area contributed by atoms with Gasteiger partial charge in [-0.15, -0.1) is 5.10 Å². The molecular formula is C10H17N3O2. The number of rotatable bonds is 3. The van der Waals surface area contributed by atoms with Gasteiger partial charge in [-0.1, -0.05) is 26.0 Å². The molecule has 0 aliphatic carbocycles. The molecule has 15 heavy (non-hydrogen) atoms. The summed E-state index contributed by atoms with van der Waals surface area (Å²) >= 11 is 0. The van der Waals surface area contributed by atoms with Crippen molar-refractivity contribution in [3.05, 3.63) is 11.9 Å². The zero-order valence-corrected chi connectivity index (χ0v) is 9.65. The molecule has 0 atom stereocenters. The van der Waals surface area contributed by atoms with Crippen molar-refractivity contribution in [2.45, 2.75) is 34.2 Å². The lowest BCUT2D eigenvalue weighted by Crippen LogP contribution is -2.15. The van der Waals surface area contributed by atoms with Crippen LogP contribution in [0.15, 0.2) is 6.20 Å². The molecule has 0 radical (unpaired) electrons. The van der Waals surface area contributed by atoms with Crippen LogP contribution in [-0.2, 0) is 11.3 Å². The first-order valence-electron chi connectivity index (χ1n) is 4.99. The van der Waals surface area contributed by atoms with E-state index >= 15 is 0 Å². The lowest BCUT2D eigenvalue weighted by Gasteiger charge is -2.16. The molecule has 0 bridgehead atoms. The second kappa shape index (κ2) is 4.42. The number of carbonyl (C=O) groups is 1. The standard InChI is InChI=1S/C10H17N3O2/c1-5-15-9(14)8-6-13(12-11-8)7-10(2,3)4/h6H,5,7H2,1-4H3. The Morgan fingerprint density at radius 2 is 2.20 bits per heavy atom. The molecule has 0 aromatic carbocycles. The van der Waals surface area contributed by atoms with Gasteiger partial charge in [0, 0.05) is 6.54 Å². The van der Waals surface area contributed by atoms with Crippen molar-refractivity contribution in [2.75, 3.05) is 6.61 Å². The number of aromatic nitrogens is 3. The quantitative estimate of drug-likeness (QED) is 0.711. The van der Waals surface area contributed by atoms with E-state index in [2.05, 4.69) is 31.1 Å². The van der Waals surface area contributed by atoms with Crippen LogP contribution in [0.25, 0.3) is 0 Å². The largest absolute Gasteiger partial charge is 0.461 e. The Morgan fingerprint density at radius 1 is 1.53 bits per heavy atom. The van der Waals surface area contributed by atoms with Gasteiger partial charge in [-0.2, -0.15) is 0 Å². The van der Waals surface area contributed by atoms with Gasteiger partial charge < -0.3 is 4.74 Å². The molecule has 0 N–H and O–H groups in total. The molecule has 1 aromatic heterocycles. The second-order valence-electron chi connectivity index (χ2n) is 4.58. The van der Waals surface area contributed by atoms with Crippen LogP contribution in [0, 0.1) is 5.41 Å². The summed E-state index contributed by atoms with van der Waals surface area (Å²) in [5.74, 6) is -0.419. The third-order valence-electron chi connectivity index (χ3n) is 1.66. The summed E-state index contributed by atoms with van der Waals surface area (Å²) in [5, 5.41) is 7.63. The summed E-state index contributed by atoms with van der Waals surface area (Å²) in [6, 6.07) is 0. The summed E-state index contributed by atoms with van der Waals surface area (Å²) in [5.41, 5.74) is 0.376. The van der Waals surface area contributed by atoms with Crippen molar-refractivity contribution in [3.8, 4) is 0 Å². The molecule has 0 amide bonds. The van der Waals surface area contributed by atoms with Gasteiger partial charge in [0.05, 0.1) is 12.8 Å². The molecule has 1 aromatic rings. The van der Waals surface area contributed by atoms with Crippen molar-refractivity contribution in [2.24, 2.45) is 5.41 Å². The smallest absolute Gasteiger partial charge is 0.360 e. The number of hydrogen-bond donors (Lipinski definition) is 0. The van der Waals surface area contributed by atoms with Gasteiger partial charge in [0.1, 0.15) is 0 Å². The van der Waals surface area contributed by atoms with Gasteiger partial charge in [0.2, 0.25) is 0 Å². The maximum absolute atomic E-state index is 11.3. The van der Waals surface area contributed by atoms with E-state index in [1.165, 1.54) is 0 Å². The molecule has 0 saturated heterocycles. The Bertz CT molecular complexity index is 339. The maximum atomic E-state index is 11.3. The average Bonchev–Trinajstić information content (AvgIpc) is 2.50. The predicted molar refractivity (Wildman–Crippen MR) is 55.4 cm³/mol. The van der Waals surface area contributed by atoms with Gasteiger partial charge in [-0.05, 0) is 12.3 Å². The molecule has 0 spiro atoms. The van der Waals surface area contributed by atoms with E-state index in [4.69, 9.17) is 4.74 Å². The van der Waals surface area contributed by atoms with Crippen LogP contribution in [-0.4, -0.2) is 27.6 Å². The van der Waals surface area contributed by atoms with Gasteiger partial charge >= 0.3 is 5.97 Å². The monoisotopic (exact) mass is 211 g/mol. The number of carbonyl (C=O) groups excluding carboxylic acids is 1. The van der Waals surface area contributed by atoms with Gasteiger partial charge in [0.25, 0.3) is 0 Å². The minimum Gasteiger partial charge on any atom is -0.461 e. The van der Waals surface area contributed by atoms with E-state index in [0.717, 1.165) is 6.54 Å². The van der Waals surface area contributed by atoms with Gasteiger partial charge in [0.15, 0.2) is 5.69 Å². The second-order valence-corrected chi connectivity index (χ2v) is 4.58. The predicted octanol–water partition coefficient (Wildman–Crippen LogP) is 1.50. The van der Waals surface area contributed by atoms with Crippen molar-refractivity contribution < 1.29 is 9.53 Å². The average molecular weight is 211 g/mol. The third-order valence-corrected chi connectivity index (χ3v) is 1.66. The summed E-state index contributed by atoms with van der Waals surface area (Å²) in [7, 11) is 0. The van der Waals surface area contributed by atoms with Crippen LogP contribution in [0.3, 0.4) is 0 Å². The number of hydrogen-bond acceptors (Lipinski definition) is 4. The molecule has 84 valence electrons. The van der Waals surface area contributed by atoms with Crippen LogP contribution >= 0.6 is 0 Å². The van der Waals surface area contributed by atoms with E-state index in [1.807, 2.05) is 0 Å². The first-order valence-corrected chi connectivity index (χ1v) is 4.99. The highest BCUT2D eigenvalue weighted by Gasteiger charge is 2.15. The SMILES string of the molecule is CCOC(=O)c1cn(CC(C)(C)C)nn1. The number of nitrogens with zero attached hydrogens (tertiary/aromatic N) is 3. The Labute approximate surface area is 89.4 Å². The molecule has 0 saturated carbocycles. The van der Waals surface area contributed by atoms with Crippen molar-refractivity contribution >= 4 is 5.97 Å². The summed E-state index contributed by atoms with van der Waals surface area (Å²) < 4.78 is 6.48. The lowest BCUT2D eigenvalue weighted by molar-refractivity contribution is 0.0519. The molecule has 5 heteroatoms. The van der Waals surface area contributed by atoms with E-state index in [0.29, 0.717) is 6.61 Å². The molecule has 5 nitrogen and oxygen atoms in total. The zero-order chi connectivity index (χ0) is 11.5. The lowest BCUT2D eigenvalue weighted by atomic mass is 9.97. The summed E-state index contributed by atoms with van der Waals surface area (Å²) in [4.78, 5) is 11.3. The highest BCUT2D eigenvalue weighted by Crippen LogP contribution is 2.15. The minimum absolute atomic E-state index is 0.111. The van der Waals surface area contributed by atoms with E-state index in [9.17, 15) is 4.79 Å². The molecular weight excluding hydrogens is 194 g/mol. The Balaban J connectivity index is 2.68. The first-order chi connectivity index (χ1) is 6.92. The Kier molecular flexibility index (Phi) is 3.44. The van der Waals surface area contributed by atoms with Crippen LogP contribution in [0.5, 0.6) is 0 Å². The molecule has 1 rings (SSSR count). The van der Waals surface area contributed by atoms with Crippen LogP contribution < -0.4 is 0 Å². The van der Waals surface area contributed by atoms with Gasteiger partial charge in [-0.25, -0.2) is 4.79 Å². The number of esters is 1. The highest BCUT2D eigenvalue weighted by atomic mass is 16.5. The maximum Gasteiger partial charge on any atom is 0.360 e. The summed E-state index contributed by atoms with van der Waals surface area (Å²) in [6.07, 6.45) is 1.61. The van der Waals surface area contributed by atoms with Crippen molar-refractivity contribution in [3.63, 3.8) is 0 Å². The third kappa shape index (κ3) is 3.69. The van der Waals surface area contributed by atoms with Crippen LogP contribution in [0.2, 0.25) is 0 Å². The van der Waals surface area contributed by atoms with E-state index in [1.54, 1.807) is 17.8 Å². The fraction of sp³-hybridized carbons (Fsp3) is 0.700.